The zero-order valence-electron chi connectivity index (χ0n) is 24.2. The summed E-state index contributed by atoms with van der Waals surface area (Å²) < 4.78 is 0. The standard InChI is InChI=1S/C34H32Cl2N4O2/c1-7-21-17(3)25-13-26-19(5)23(9-11-33(35)41)31(39-26)16-32-24(10-12-34(36)42)20(6)28(40-32)15-30-22(8-2)18(4)27(38-30)14-29(21)37-25/h7-8,13-16,37,40H,1-2,9-12H2,3-6H3. The number of H-pyrrole nitrogens is 2. The molecule has 8 heteroatoms. The summed E-state index contributed by atoms with van der Waals surface area (Å²) in [5, 5.41) is -0.794. The Morgan fingerprint density at radius 2 is 1.26 bits per heavy atom. The minimum atomic E-state index is -0.398. The maximum atomic E-state index is 11.7. The maximum Gasteiger partial charge on any atom is 0.221 e. The van der Waals surface area contributed by atoms with Crippen molar-refractivity contribution in [2.75, 3.05) is 0 Å². The first kappa shape index (κ1) is 29.5. The number of aryl methyl sites for hydroxylation is 3. The molecular weight excluding hydrogens is 567 g/mol. The molecule has 3 aromatic heterocycles. The van der Waals surface area contributed by atoms with Crippen molar-refractivity contribution >= 4 is 84.1 Å². The molecule has 2 aliphatic rings. The van der Waals surface area contributed by atoms with Crippen LogP contribution in [0.3, 0.4) is 0 Å². The summed E-state index contributed by atoms with van der Waals surface area (Å²) in [7, 11) is 0. The number of hydrogen-bond acceptors (Lipinski definition) is 4. The van der Waals surface area contributed by atoms with Crippen molar-refractivity contribution in [2.24, 2.45) is 0 Å². The number of nitrogens with zero attached hydrogens (tertiary/aromatic N) is 2. The third-order valence-corrected chi connectivity index (χ3v) is 8.56. The first-order valence-corrected chi connectivity index (χ1v) is 14.6. The highest BCUT2D eigenvalue weighted by Gasteiger charge is 2.20. The van der Waals surface area contributed by atoms with Crippen LogP contribution in [0.5, 0.6) is 0 Å². The predicted molar refractivity (Wildman–Crippen MR) is 175 cm³/mol. The van der Waals surface area contributed by atoms with E-state index in [1.165, 1.54) is 0 Å². The maximum absolute atomic E-state index is 11.7. The van der Waals surface area contributed by atoms with E-state index in [2.05, 4.69) is 30.0 Å². The number of rotatable bonds is 8. The molecule has 3 aromatic rings. The van der Waals surface area contributed by atoms with Crippen LogP contribution in [0.4, 0.5) is 0 Å². The van der Waals surface area contributed by atoms with Crippen LogP contribution in [0, 0.1) is 13.8 Å². The van der Waals surface area contributed by atoms with Crippen molar-refractivity contribution in [3.63, 3.8) is 0 Å². The molecule has 0 amide bonds. The normalized spacial score (nSPS) is 13.1. The van der Waals surface area contributed by atoms with E-state index >= 15 is 0 Å². The average Bonchev–Trinajstić information content (AvgIpc) is 3.59. The number of fused-ring (bicyclic) bond motifs is 8. The number of nitrogens with one attached hydrogen (secondary N) is 2. The molecule has 0 saturated carbocycles. The van der Waals surface area contributed by atoms with Gasteiger partial charge < -0.3 is 9.97 Å². The largest absolute Gasteiger partial charge is 0.355 e. The second-order valence-electron chi connectivity index (χ2n) is 10.6. The van der Waals surface area contributed by atoms with Gasteiger partial charge >= 0.3 is 0 Å². The van der Waals surface area contributed by atoms with Gasteiger partial charge in [0, 0.05) is 46.0 Å². The Balaban J connectivity index is 1.94. The van der Waals surface area contributed by atoms with Crippen LogP contribution < -0.4 is 0 Å². The fourth-order valence-corrected chi connectivity index (χ4v) is 5.94. The monoisotopic (exact) mass is 598 g/mol. The molecule has 214 valence electrons. The van der Waals surface area contributed by atoms with Gasteiger partial charge in [0.25, 0.3) is 0 Å². The molecule has 2 aliphatic heterocycles. The minimum absolute atomic E-state index is 0.195. The summed E-state index contributed by atoms with van der Waals surface area (Å²) in [4.78, 5) is 40.6. The van der Waals surface area contributed by atoms with Gasteiger partial charge in [-0.05, 0) is 121 Å². The van der Waals surface area contributed by atoms with Gasteiger partial charge in [0.05, 0.1) is 22.8 Å². The van der Waals surface area contributed by atoms with Crippen molar-refractivity contribution in [2.45, 2.75) is 53.4 Å². The lowest BCUT2D eigenvalue weighted by atomic mass is 10.0. The van der Waals surface area contributed by atoms with Crippen molar-refractivity contribution in [3.8, 4) is 0 Å². The lowest BCUT2D eigenvalue weighted by Crippen LogP contribution is -1.93. The molecule has 2 N–H and O–H groups in total. The second-order valence-corrected chi connectivity index (χ2v) is 11.5. The predicted octanol–water partition coefficient (Wildman–Crippen LogP) is 8.87. The summed E-state index contributed by atoms with van der Waals surface area (Å²) in [6.45, 7) is 16.2. The zero-order chi connectivity index (χ0) is 30.3. The second kappa shape index (κ2) is 11.7. The summed E-state index contributed by atoms with van der Waals surface area (Å²) in [6, 6.07) is 8.07. The van der Waals surface area contributed by atoms with E-state index in [9.17, 15) is 9.59 Å². The SMILES string of the molecule is C=CC1=C(C)c2cc3[nH]c(cc4nc(cc5[nH]c(cc1n2)c(C)c5CCC(=O)Cl)C(CCC(=O)Cl)=C4C)c(C)c3C=C. The highest BCUT2D eigenvalue weighted by atomic mass is 35.5. The van der Waals surface area contributed by atoms with Crippen LogP contribution in [-0.2, 0) is 16.0 Å². The zero-order valence-corrected chi connectivity index (χ0v) is 25.7. The van der Waals surface area contributed by atoms with Crippen molar-refractivity contribution in [1.29, 1.82) is 0 Å². The minimum Gasteiger partial charge on any atom is -0.355 e. The van der Waals surface area contributed by atoms with Crippen molar-refractivity contribution in [1.82, 2.24) is 19.9 Å². The smallest absolute Gasteiger partial charge is 0.221 e. The molecule has 0 radical (unpaired) electrons. The Labute approximate surface area is 254 Å². The van der Waals surface area contributed by atoms with Crippen molar-refractivity contribution in [3.05, 3.63) is 88.5 Å². The molecule has 5 rings (SSSR count). The first-order chi connectivity index (χ1) is 20.0. The Kier molecular flexibility index (Phi) is 8.22. The van der Waals surface area contributed by atoms with Crippen LogP contribution in [-0.4, -0.2) is 30.4 Å². The van der Waals surface area contributed by atoms with E-state index < -0.39 is 10.5 Å². The summed E-state index contributed by atoms with van der Waals surface area (Å²) >= 11 is 11.5. The number of allylic oxidation sites excluding steroid dienone is 5. The van der Waals surface area contributed by atoms with E-state index in [1.807, 2.05) is 57.2 Å². The molecule has 0 saturated heterocycles. The van der Waals surface area contributed by atoms with Gasteiger partial charge in [-0.3, -0.25) is 9.59 Å². The van der Waals surface area contributed by atoms with Gasteiger partial charge in [-0.1, -0.05) is 25.3 Å². The van der Waals surface area contributed by atoms with E-state index in [1.54, 1.807) is 0 Å². The van der Waals surface area contributed by atoms with Gasteiger partial charge in [-0.25, -0.2) is 9.97 Å². The molecule has 0 aromatic carbocycles. The van der Waals surface area contributed by atoms with E-state index in [0.717, 1.165) is 89.4 Å². The number of aromatic nitrogens is 4. The molecule has 5 heterocycles. The van der Waals surface area contributed by atoms with Crippen LogP contribution >= 0.6 is 23.2 Å². The third kappa shape index (κ3) is 5.44. The molecule has 42 heavy (non-hydrogen) atoms. The molecule has 8 bridgehead atoms. The van der Waals surface area contributed by atoms with Gasteiger partial charge in [0.2, 0.25) is 10.5 Å². The Morgan fingerprint density at radius 1 is 0.714 bits per heavy atom. The number of aromatic amines is 2. The summed E-state index contributed by atoms with van der Waals surface area (Å²) in [5.74, 6) is 0. The van der Waals surface area contributed by atoms with Gasteiger partial charge in [0.1, 0.15) is 0 Å². The number of carbonyl (C=O) groups is 2. The third-order valence-electron chi connectivity index (χ3n) is 8.19. The lowest BCUT2D eigenvalue weighted by Gasteiger charge is -2.03. The van der Waals surface area contributed by atoms with Crippen LogP contribution in [0.25, 0.3) is 50.4 Å². The van der Waals surface area contributed by atoms with Crippen LogP contribution in [0.15, 0.2) is 43.5 Å². The van der Waals surface area contributed by atoms with E-state index in [0.29, 0.717) is 12.8 Å². The van der Waals surface area contributed by atoms with Crippen LogP contribution in [0.2, 0.25) is 0 Å². The molecule has 0 aliphatic carbocycles. The van der Waals surface area contributed by atoms with Crippen LogP contribution in [0.1, 0.15) is 78.1 Å². The molecule has 0 unspecified atom stereocenters. The van der Waals surface area contributed by atoms with E-state index in [4.69, 9.17) is 33.2 Å². The fraction of sp³-hybridized carbons (Fsp3) is 0.235. The average molecular weight is 600 g/mol. The Morgan fingerprint density at radius 3 is 1.93 bits per heavy atom. The summed E-state index contributed by atoms with van der Waals surface area (Å²) in [5.41, 5.74) is 14.6. The van der Waals surface area contributed by atoms with Gasteiger partial charge in [0.15, 0.2) is 0 Å². The Bertz CT molecular complexity index is 1920. The van der Waals surface area contributed by atoms with Gasteiger partial charge in [-0.15, -0.1) is 0 Å². The molecule has 6 nitrogen and oxygen atoms in total. The summed E-state index contributed by atoms with van der Waals surface area (Å²) in [6.07, 6.45) is 4.99. The fourth-order valence-electron chi connectivity index (χ4n) is 5.75. The lowest BCUT2D eigenvalue weighted by molar-refractivity contribution is -0.112. The first-order valence-electron chi connectivity index (χ1n) is 13.8. The van der Waals surface area contributed by atoms with E-state index in [-0.39, 0.29) is 12.8 Å². The number of halogens is 2. The number of hydrogen-bond donors (Lipinski definition) is 2. The topological polar surface area (TPSA) is 91.5 Å². The Hall–Kier alpha value is -4.00. The molecule has 0 fully saturated rings. The number of carbonyl (C=O) groups excluding carboxylic acids is 2. The molecule has 0 atom stereocenters. The van der Waals surface area contributed by atoms with Crippen molar-refractivity contribution < 1.29 is 9.59 Å². The highest BCUT2D eigenvalue weighted by molar-refractivity contribution is 6.63. The quantitative estimate of drug-likeness (QED) is 0.253. The molecular formula is C34H32Cl2N4O2. The van der Waals surface area contributed by atoms with Gasteiger partial charge in [-0.2, -0.15) is 0 Å². The molecule has 0 spiro atoms. The highest BCUT2D eigenvalue weighted by Crippen LogP contribution is 2.36.